The van der Waals surface area contributed by atoms with E-state index in [2.05, 4.69) is 10.5 Å². The van der Waals surface area contributed by atoms with E-state index in [1.54, 1.807) is 29.7 Å². The molecule has 0 radical (unpaired) electrons. The first-order valence-electron chi connectivity index (χ1n) is 5.40. The average Bonchev–Trinajstić information content (AvgIpc) is 2.78. The van der Waals surface area contributed by atoms with Crippen LogP contribution in [0.25, 0.3) is 0 Å². The van der Waals surface area contributed by atoms with Gasteiger partial charge in [0, 0.05) is 9.90 Å². The second-order valence-corrected chi connectivity index (χ2v) is 5.58. The van der Waals surface area contributed by atoms with Crippen LogP contribution >= 0.6 is 34.5 Å². The molecule has 0 aliphatic carbocycles. The van der Waals surface area contributed by atoms with E-state index < -0.39 is 5.91 Å². The maximum atomic E-state index is 11.9. The number of hydrogen-bond donors (Lipinski definition) is 1. The van der Waals surface area contributed by atoms with Gasteiger partial charge in [0.15, 0.2) is 0 Å². The van der Waals surface area contributed by atoms with Crippen LogP contribution in [0.4, 0.5) is 0 Å². The van der Waals surface area contributed by atoms with Crippen molar-refractivity contribution in [1.29, 1.82) is 0 Å². The van der Waals surface area contributed by atoms with E-state index in [0.29, 0.717) is 15.6 Å². The Morgan fingerprint density at radius 1 is 1.37 bits per heavy atom. The monoisotopic (exact) mass is 312 g/mol. The number of benzene rings is 1. The van der Waals surface area contributed by atoms with E-state index in [-0.39, 0.29) is 0 Å². The van der Waals surface area contributed by atoms with Gasteiger partial charge in [0.25, 0.3) is 5.91 Å². The van der Waals surface area contributed by atoms with Gasteiger partial charge < -0.3 is 0 Å². The average molecular weight is 313 g/mol. The smallest absolute Gasteiger partial charge is 0.267 e. The van der Waals surface area contributed by atoms with Crippen LogP contribution in [0.5, 0.6) is 0 Å². The van der Waals surface area contributed by atoms with Crippen molar-refractivity contribution in [3.63, 3.8) is 0 Å². The maximum Gasteiger partial charge on any atom is 0.272 e. The molecule has 2 rings (SSSR count). The van der Waals surface area contributed by atoms with Crippen molar-refractivity contribution in [3.05, 3.63) is 55.7 Å². The zero-order valence-electron chi connectivity index (χ0n) is 9.98. The standard InChI is InChI=1S/C13H10Cl2N2OS/c1-8-4-5-19-12(8)7-16-17-13(18)10-6-9(14)2-3-11(10)15/h2-7H,1H3,(H,17,18)/b16-7-. The number of hydrogen-bond acceptors (Lipinski definition) is 3. The fourth-order valence-electron chi connectivity index (χ4n) is 1.40. The summed E-state index contributed by atoms with van der Waals surface area (Å²) in [5, 5.41) is 6.66. The van der Waals surface area contributed by atoms with Crippen LogP contribution in [0, 0.1) is 6.92 Å². The molecule has 98 valence electrons. The van der Waals surface area contributed by atoms with Crippen molar-refractivity contribution in [2.75, 3.05) is 0 Å². The van der Waals surface area contributed by atoms with Gasteiger partial charge in [0.1, 0.15) is 0 Å². The SMILES string of the molecule is Cc1ccsc1/C=N\NC(=O)c1cc(Cl)ccc1Cl. The summed E-state index contributed by atoms with van der Waals surface area (Å²) < 4.78 is 0. The lowest BCUT2D eigenvalue weighted by Crippen LogP contribution is -2.18. The third kappa shape index (κ3) is 3.56. The molecule has 1 aromatic heterocycles. The van der Waals surface area contributed by atoms with Crippen molar-refractivity contribution >= 4 is 46.7 Å². The van der Waals surface area contributed by atoms with Crippen LogP contribution in [0.1, 0.15) is 20.8 Å². The molecule has 1 aromatic carbocycles. The lowest BCUT2D eigenvalue weighted by Gasteiger charge is -2.02. The highest BCUT2D eigenvalue weighted by Crippen LogP contribution is 2.20. The summed E-state index contributed by atoms with van der Waals surface area (Å²) in [4.78, 5) is 12.9. The van der Waals surface area contributed by atoms with Crippen molar-refractivity contribution in [3.8, 4) is 0 Å². The molecule has 1 amide bonds. The van der Waals surface area contributed by atoms with Gasteiger partial charge in [-0.15, -0.1) is 11.3 Å². The molecule has 0 saturated carbocycles. The third-order valence-corrected chi connectivity index (χ3v) is 3.94. The summed E-state index contributed by atoms with van der Waals surface area (Å²) >= 11 is 13.3. The number of carbonyl (C=O) groups is 1. The summed E-state index contributed by atoms with van der Waals surface area (Å²) in [5.41, 5.74) is 3.84. The van der Waals surface area contributed by atoms with Crippen molar-refractivity contribution in [1.82, 2.24) is 5.43 Å². The zero-order valence-corrected chi connectivity index (χ0v) is 12.3. The minimum atomic E-state index is -0.391. The van der Waals surface area contributed by atoms with E-state index in [1.807, 2.05) is 18.4 Å². The van der Waals surface area contributed by atoms with E-state index in [1.165, 1.54) is 6.07 Å². The molecule has 0 aliphatic rings. The number of rotatable bonds is 3. The topological polar surface area (TPSA) is 41.5 Å². The third-order valence-electron chi connectivity index (χ3n) is 2.42. The Morgan fingerprint density at radius 2 is 2.16 bits per heavy atom. The Hall–Kier alpha value is -1.36. The highest BCUT2D eigenvalue weighted by Gasteiger charge is 2.09. The number of halogens is 2. The van der Waals surface area contributed by atoms with Crippen LogP contribution in [-0.4, -0.2) is 12.1 Å². The Balaban J connectivity index is 2.08. The van der Waals surface area contributed by atoms with E-state index in [9.17, 15) is 4.79 Å². The molecule has 3 nitrogen and oxygen atoms in total. The fourth-order valence-corrected chi connectivity index (χ4v) is 2.56. The molecule has 1 N–H and O–H groups in total. The highest BCUT2D eigenvalue weighted by molar-refractivity contribution is 7.11. The molecule has 19 heavy (non-hydrogen) atoms. The van der Waals surface area contributed by atoms with Crippen molar-refractivity contribution in [2.45, 2.75) is 6.92 Å². The number of amides is 1. The fraction of sp³-hybridized carbons (Fsp3) is 0.0769. The molecule has 6 heteroatoms. The summed E-state index contributed by atoms with van der Waals surface area (Å²) in [6.07, 6.45) is 1.61. The van der Waals surface area contributed by atoms with E-state index in [4.69, 9.17) is 23.2 Å². The van der Waals surface area contributed by atoms with Crippen LogP contribution in [0.15, 0.2) is 34.7 Å². The number of nitrogens with zero attached hydrogens (tertiary/aromatic N) is 1. The normalized spacial score (nSPS) is 10.9. The molecule has 0 fully saturated rings. The first kappa shape index (κ1) is 14.1. The number of aryl methyl sites for hydroxylation is 1. The minimum absolute atomic E-state index is 0.300. The molecule has 0 saturated heterocycles. The maximum absolute atomic E-state index is 11.9. The summed E-state index contributed by atoms with van der Waals surface area (Å²) in [6.45, 7) is 1.98. The van der Waals surface area contributed by atoms with Gasteiger partial charge >= 0.3 is 0 Å². The quantitative estimate of drug-likeness (QED) is 0.672. The van der Waals surface area contributed by atoms with Gasteiger partial charge in [-0.05, 0) is 42.1 Å². The molecule has 0 unspecified atom stereocenters. The summed E-state index contributed by atoms with van der Waals surface area (Å²) in [7, 11) is 0. The predicted octanol–water partition coefficient (Wildman–Crippen LogP) is 4.13. The number of carbonyl (C=O) groups excluding carboxylic acids is 1. The van der Waals surface area contributed by atoms with Crippen LogP contribution in [0.3, 0.4) is 0 Å². The molecule has 1 heterocycles. The Labute approximate surface area is 124 Å². The van der Waals surface area contributed by atoms with Crippen molar-refractivity contribution < 1.29 is 4.79 Å². The van der Waals surface area contributed by atoms with Gasteiger partial charge in [-0.3, -0.25) is 4.79 Å². The van der Waals surface area contributed by atoms with E-state index in [0.717, 1.165) is 10.4 Å². The van der Waals surface area contributed by atoms with Gasteiger partial charge in [-0.2, -0.15) is 5.10 Å². The summed E-state index contributed by atoms with van der Waals surface area (Å²) in [5.74, 6) is -0.391. The summed E-state index contributed by atoms with van der Waals surface area (Å²) in [6, 6.07) is 6.69. The van der Waals surface area contributed by atoms with Gasteiger partial charge in [0.2, 0.25) is 0 Å². The number of hydrazone groups is 1. The molecule has 0 bridgehead atoms. The first-order valence-corrected chi connectivity index (χ1v) is 7.04. The second kappa shape index (κ2) is 6.19. The molecule has 0 atom stereocenters. The van der Waals surface area contributed by atoms with Crippen molar-refractivity contribution in [2.24, 2.45) is 5.10 Å². The predicted molar refractivity (Wildman–Crippen MR) is 80.6 cm³/mol. The van der Waals surface area contributed by atoms with Gasteiger partial charge in [0.05, 0.1) is 16.8 Å². The van der Waals surface area contributed by atoms with Crippen LogP contribution < -0.4 is 5.43 Å². The van der Waals surface area contributed by atoms with Gasteiger partial charge in [-0.25, -0.2) is 5.43 Å². The lowest BCUT2D eigenvalue weighted by atomic mass is 10.2. The molecule has 0 spiro atoms. The molecular formula is C13H10Cl2N2OS. The van der Waals surface area contributed by atoms with Gasteiger partial charge in [-0.1, -0.05) is 23.2 Å². The van der Waals surface area contributed by atoms with Crippen LogP contribution in [-0.2, 0) is 0 Å². The van der Waals surface area contributed by atoms with Crippen LogP contribution in [0.2, 0.25) is 10.0 Å². The largest absolute Gasteiger partial charge is 0.272 e. The zero-order chi connectivity index (χ0) is 13.8. The molecule has 0 aliphatic heterocycles. The second-order valence-electron chi connectivity index (χ2n) is 3.79. The Kier molecular flexibility index (Phi) is 4.58. The van der Waals surface area contributed by atoms with E-state index >= 15 is 0 Å². The first-order chi connectivity index (χ1) is 9.08. The molecule has 2 aromatic rings. The Bertz CT molecular complexity index is 637. The number of nitrogens with one attached hydrogen (secondary N) is 1. The highest BCUT2D eigenvalue weighted by atomic mass is 35.5. The number of thiophene rings is 1. The Morgan fingerprint density at radius 3 is 2.84 bits per heavy atom. The molecular weight excluding hydrogens is 303 g/mol. The lowest BCUT2D eigenvalue weighted by molar-refractivity contribution is 0.0955. The minimum Gasteiger partial charge on any atom is -0.267 e.